The number of halogens is 1. The summed E-state index contributed by atoms with van der Waals surface area (Å²) in [7, 11) is 1.84. The molecule has 1 N–H and O–H groups in total. The van der Waals surface area contributed by atoms with Gasteiger partial charge in [0.25, 0.3) is 0 Å². The van der Waals surface area contributed by atoms with Crippen molar-refractivity contribution in [3.63, 3.8) is 0 Å². The summed E-state index contributed by atoms with van der Waals surface area (Å²) in [6.07, 6.45) is 5.36. The summed E-state index contributed by atoms with van der Waals surface area (Å²) in [5, 5.41) is 11.8. The highest BCUT2D eigenvalue weighted by atomic mass is 127. The van der Waals surface area contributed by atoms with E-state index in [1.807, 2.05) is 30.1 Å². The Morgan fingerprint density at radius 1 is 1.17 bits per heavy atom. The van der Waals surface area contributed by atoms with Crippen molar-refractivity contribution in [2.45, 2.75) is 13.1 Å². The quantitative estimate of drug-likeness (QED) is 0.325. The summed E-state index contributed by atoms with van der Waals surface area (Å²) in [5.74, 6) is 0.936. The van der Waals surface area contributed by atoms with Crippen LogP contribution < -0.4 is 5.32 Å². The standard InChI is InChI=1S/C20H25N7O.HI/c1-21-20(26-11-9-25(10-12-26)16-18-6-13-28-24-18)22-15-17-4-2-5-19(14-17)27-8-3-7-23-27;/h2-8,13-14H,9-12,15-16H2,1H3,(H,21,22);1H. The Morgan fingerprint density at radius 2 is 2.03 bits per heavy atom. The van der Waals surface area contributed by atoms with Gasteiger partial charge in [0.2, 0.25) is 0 Å². The first-order valence-corrected chi connectivity index (χ1v) is 9.48. The van der Waals surface area contributed by atoms with Crippen LogP contribution in [-0.2, 0) is 13.1 Å². The number of piperazine rings is 1. The molecule has 0 aliphatic carbocycles. The number of aromatic nitrogens is 3. The lowest BCUT2D eigenvalue weighted by Gasteiger charge is -2.36. The second-order valence-corrected chi connectivity index (χ2v) is 6.78. The summed E-state index contributed by atoms with van der Waals surface area (Å²) in [5.41, 5.74) is 3.23. The topological polar surface area (TPSA) is 74.7 Å². The van der Waals surface area contributed by atoms with Gasteiger partial charge in [0.15, 0.2) is 5.96 Å². The monoisotopic (exact) mass is 507 g/mol. The zero-order chi connectivity index (χ0) is 19.2. The lowest BCUT2D eigenvalue weighted by molar-refractivity contribution is 0.169. The SMILES string of the molecule is CN=C(NCc1cccc(-n2cccn2)c1)N1CCN(Cc2ccon2)CC1.I. The molecule has 0 atom stereocenters. The molecule has 1 aliphatic heterocycles. The third-order valence-corrected chi connectivity index (χ3v) is 4.89. The van der Waals surface area contributed by atoms with Crippen LogP contribution in [0.3, 0.4) is 0 Å². The first-order valence-electron chi connectivity index (χ1n) is 9.48. The van der Waals surface area contributed by atoms with Gasteiger partial charge in [0.1, 0.15) is 6.26 Å². The van der Waals surface area contributed by atoms with Crippen molar-refractivity contribution in [3.8, 4) is 5.69 Å². The average Bonchev–Trinajstić information content (AvgIpc) is 3.44. The van der Waals surface area contributed by atoms with Gasteiger partial charge in [-0.25, -0.2) is 4.68 Å². The molecular weight excluding hydrogens is 481 g/mol. The van der Waals surface area contributed by atoms with E-state index < -0.39 is 0 Å². The number of nitrogens with one attached hydrogen (secondary N) is 1. The van der Waals surface area contributed by atoms with E-state index in [4.69, 9.17) is 4.52 Å². The molecule has 0 radical (unpaired) electrons. The van der Waals surface area contributed by atoms with Crippen LogP contribution in [0.5, 0.6) is 0 Å². The van der Waals surface area contributed by atoms with Crippen LogP contribution in [0, 0.1) is 0 Å². The van der Waals surface area contributed by atoms with Gasteiger partial charge in [-0.05, 0) is 23.8 Å². The third-order valence-electron chi connectivity index (χ3n) is 4.89. The lowest BCUT2D eigenvalue weighted by atomic mass is 10.2. The van der Waals surface area contributed by atoms with Crippen LogP contribution in [0.15, 0.2) is 64.6 Å². The van der Waals surface area contributed by atoms with Gasteiger partial charge in [-0.15, -0.1) is 24.0 Å². The van der Waals surface area contributed by atoms with Gasteiger partial charge in [0.05, 0.1) is 11.4 Å². The normalized spacial score (nSPS) is 15.2. The number of nitrogens with zero attached hydrogens (tertiary/aromatic N) is 6. The van der Waals surface area contributed by atoms with E-state index in [1.54, 1.807) is 12.5 Å². The number of guanidine groups is 1. The molecule has 3 heterocycles. The molecule has 1 aromatic carbocycles. The van der Waals surface area contributed by atoms with Crippen molar-refractivity contribution in [1.82, 2.24) is 30.1 Å². The van der Waals surface area contributed by atoms with E-state index >= 15 is 0 Å². The number of hydrogen-bond donors (Lipinski definition) is 1. The Balaban J connectivity index is 0.00000240. The number of rotatable bonds is 5. The fraction of sp³-hybridized carbons (Fsp3) is 0.350. The number of benzene rings is 1. The minimum Gasteiger partial charge on any atom is -0.364 e. The largest absolute Gasteiger partial charge is 0.364 e. The highest BCUT2D eigenvalue weighted by molar-refractivity contribution is 14.0. The molecule has 0 amide bonds. The number of hydrogen-bond acceptors (Lipinski definition) is 5. The predicted octanol–water partition coefficient (Wildman–Crippen LogP) is 2.37. The molecule has 1 aliphatic rings. The molecule has 0 spiro atoms. The first kappa shape index (κ1) is 21.3. The Bertz CT molecular complexity index is 887. The highest BCUT2D eigenvalue weighted by Gasteiger charge is 2.20. The summed E-state index contributed by atoms with van der Waals surface area (Å²) in [4.78, 5) is 9.15. The molecule has 9 heteroatoms. The van der Waals surface area contributed by atoms with Crippen molar-refractivity contribution >= 4 is 29.9 Å². The molecule has 0 unspecified atom stereocenters. The zero-order valence-corrected chi connectivity index (χ0v) is 18.8. The van der Waals surface area contributed by atoms with Crippen molar-refractivity contribution < 1.29 is 4.52 Å². The maximum Gasteiger partial charge on any atom is 0.194 e. The maximum atomic E-state index is 4.92. The minimum atomic E-state index is 0. The molecule has 3 aromatic rings. The van der Waals surface area contributed by atoms with Crippen LogP contribution in [0.4, 0.5) is 0 Å². The van der Waals surface area contributed by atoms with Crippen LogP contribution >= 0.6 is 24.0 Å². The molecule has 29 heavy (non-hydrogen) atoms. The predicted molar refractivity (Wildman–Crippen MR) is 123 cm³/mol. The molecule has 8 nitrogen and oxygen atoms in total. The average molecular weight is 507 g/mol. The Kier molecular flexibility index (Phi) is 7.64. The summed E-state index contributed by atoms with van der Waals surface area (Å²) in [6, 6.07) is 12.2. The lowest BCUT2D eigenvalue weighted by Crippen LogP contribution is -2.52. The van der Waals surface area contributed by atoms with E-state index in [-0.39, 0.29) is 24.0 Å². The molecular formula is C20H26IN7O. The minimum absolute atomic E-state index is 0. The van der Waals surface area contributed by atoms with Gasteiger partial charge < -0.3 is 14.7 Å². The van der Waals surface area contributed by atoms with Crippen molar-refractivity contribution in [2.75, 3.05) is 33.2 Å². The molecule has 2 aromatic heterocycles. The summed E-state index contributed by atoms with van der Waals surface area (Å²) >= 11 is 0. The maximum absolute atomic E-state index is 4.92. The van der Waals surface area contributed by atoms with E-state index in [0.29, 0.717) is 0 Å². The third kappa shape index (κ3) is 5.57. The van der Waals surface area contributed by atoms with Gasteiger partial charge in [-0.1, -0.05) is 17.3 Å². The molecule has 154 valence electrons. The molecule has 0 bridgehead atoms. The molecule has 1 saturated heterocycles. The van der Waals surface area contributed by atoms with Crippen LogP contribution in [0.1, 0.15) is 11.3 Å². The van der Waals surface area contributed by atoms with Crippen LogP contribution in [0.2, 0.25) is 0 Å². The molecule has 1 fully saturated rings. The molecule has 0 saturated carbocycles. The smallest absolute Gasteiger partial charge is 0.194 e. The Labute approximate surface area is 187 Å². The fourth-order valence-electron chi connectivity index (χ4n) is 3.41. The zero-order valence-electron chi connectivity index (χ0n) is 16.4. The van der Waals surface area contributed by atoms with Gasteiger partial charge in [0, 0.05) is 64.8 Å². The van der Waals surface area contributed by atoms with Gasteiger partial charge in [-0.3, -0.25) is 9.89 Å². The van der Waals surface area contributed by atoms with E-state index in [9.17, 15) is 0 Å². The van der Waals surface area contributed by atoms with E-state index in [2.05, 4.69) is 54.6 Å². The first-order chi connectivity index (χ1) is 13.8. The second kappa shape index (κ2) is 10.4. The van der Waals surface area contributed by atoms with Gasteiger partial charge in [-0.2, -0.15) is 5.10 Å². The summed E-state index contributed by atoms with van der Waals surface area (Å²) in [6.45, 7) is 5.37. The number of aliphatic imine (C=N–C) groups is 1. The van der Waals surface area contributed by atoms with Crippen molar-refractivity contribution in [3.05, 3.63) is 66.3 Å². The van der Waals surface area contributed by atoms with Gasteiger partial charge >= 0.3 is 0 Å². The van der Waals surface area contributed by atoms with Crippen molar-refractivity contribution in [2.24, 2.45) is 4.99 Å². The highest BCUT2D eigenvalue weighted by Crippen LogP contribution is 2.11. The second-order valence-electron chi connectivity index (χ2n) is 6.78. The van der Waals surface area contributed by atoms with Crippen LogP contribution in [0.25, 0.3) is 5.69 Å². The van der Waals surface area contributed by atoms with Crippen LogP contribution in [-0.4, -0.2) is 63.9 Å². The Morgan fingerprint density at radius 3 is 2.72 bits per heavy atom. The summed E-state index contributed by atoms with van der Waals surface area (Å²) < 4.78 is 6.78. The Hall–Kier alpha value is -2.40. The molecule has 4 rings (SSSR count). The fourth-order valence-corrected chi connectivity index (χ4v) is 3.41. The van der Waals surface area contributed by atoms with E-state index in [1.165, 1.54) is 5.56 Å². The van der Waals surface area contributed by atoms with Crippen molar-refractivity contribution in [1.29, 1.82) is 0 Å². The van der Waals surface area contributed by atoms with E-state index in [0.717, 1.165) is 56.6 Å².